The Morgan fingerprint density at radius 2 is 1.82 bits per heavy atom. The summed E-state index contributed by atoms with van der Waals surface area (Å²) in [5.41, 5.74) is 2.95. The second-order valence-electron chi connectivity index (χ2n) is 4.97. The maximum atomic E-state index is 12.2. The Morgan fingerprint density at radius 1 is 1.23 bits per heavy atom. The van der Waals surface area contributed by atoms with Gasteiger partial charge >= 0.3 is 6.61 Å². The van der Waals surface area contributed by atoms with E-state index >= 15 is 0 Å². The van der Waals surface area contributed by atoms with E-state index in [1.54, 1.807) is 25.1 Å². The molecule has 0 radical (unpaired) electrons. The van der Waals surface area contributed by atoms with Crippen molar-refractivity contribution in [1.29, 1.82) is 0 Å². The summed E-state index contributed by atoms with van der Waals surface area (Å²) in [6.45, 7) is 2.47. The molecule has 0 saturated heterocycles. The zero-order chi connectivity index (χ0) is 16.4. The molecule has 0 aliphatic carbocycles. The van der Waals surface area contributed by atoms with Crippen molar-refractivity contribution in [3.63, 3.8) is 0 Å². The normalized spacial score (nSPS) is 12.5. The van der Waals surface area contributed by atoms with Crippen LogP contribution >= 0.6 is 11.6 Å². The summed E-state index contributed by atoms with van der Waals surface area (Å²) in [7, 11) is 0. The van der Waals surface area contributed by atoms with Gasteiger partial charge in [0.25, 0.3) is 0 Å². The van der Waals surface area contributed by atoms with Gasteiger partial charge in [-0.3, -0.25) is 4.79 Å². The van der Waals surface area contributed by atoms with Crippen LogP contribution < -0.4 is 4.74 Å². The van der Waals surface area contributed by atoms with Gasteiger partial charge in [0.1, 0.15) is 5.75 Å². The molecule has 118 valence electrons. The van der Waals surface area contributed by atoms with Gasteiger partial charge in [-0.2, -0.15) is 8.78 Å². The molecule has 1 atom stereocenters. The first-order valence-corrected chi connectivity index (χ1v) is 7.17. The molecule has 3 nitrogen and oxygen atoms in total. The third kappa shape index (κ3) is 3.30. The van der Waals surface area contributed by atoms with E-state index in [0.717, 1.165) is 17.1 Å². The zero-order valence-electron chi connectivity index (χ0n) is 12.4. The lowest BCUT2D eigenvalue weighted by atomic mass is 10.1. The standard InChI is InChI=1S/C16H16ClF2NO2/c1-9-8-14(15(21)10(2)17)11(3)20(9)12-4-6-13(7-5-12)22-16(18)19/h4-8,10,16H,1-3H3/t10-/m1/s1. The highest BCUT2D eigenvalue weighted by Gasteiger charge is 2.20. The Labute approximate surface area is 132 Å². The third-order valence-electron chi connectivity index (χ3n) is 3.38. The summed E-state index contributed by atoms with van der Waals surface area (Å²) in [4.78, 5) is 12.1. The van der Waals surface area contributed by atoms with Crippen LogP contribution in [0.15, 0.2) is 30.3 Å². The van der Waals surface area contributed by atoms with Crippen LogP contribution in [-0.2, 0) is 0 Å². The number of hydrogen-bond acceptors (Lipinski definition) is 2. The number of Topliss-reactive ketones (excluding diaryl/α,β-unsaturated/α-hetero) is 1. The number of halogens is 3. The fourth-order valence-electron chi connectivity index (χ4n) is 2.40. The van der Waals surface area contributed by atoms with Crippen LogP contribution in [-0.4, -0.2) is 22.3 Å². The molecule has 0 fully saturated rings. The molecule has 0 spiro atoms. The van der Waals surface area contributed by atoms with Crippen molar-refractivity contribution in [2.24, 2.45) is 0 Å². The van der Waals surface area contributed by atoms with Crippen LogP contribution in [0.25, 0.3) is 5.69 Å². The quantitative estimate of drug-likeness (QED) is 0.598. The van der Waals surface area contributed by atoms with Crippen molar-refractivity contribution in [3.05, 3.63) is 47.3 Å². The van der Waals surface area contributed by atoms with Crippen molar-refractivity contribution in [2.75, 3.05) is 0 Å². The highest BCUT2D eigenvalue weighted by molar-refractivity contribution is 6.33. The van der Waals surface area contributed by atoms with Crippen LogP contribution in [0.3, 0.4) is 0 Å². The summed E-state index contributed by atoms with van der Waals surface area (Å²) in [6.07, 6.45) is 0. The Balaban J connectivity index is 2.39. The summed E-state index contributed by atoms with van der Waals surface area (Å²) < 4.78 is 30.5. The molecule has 0 saturated carbocycles. The molecule has 0 aliphatic heterocycles. The SMILES string of the molecule is Cc1cc(C(=O)[C@@H](C)Cl)c(C)n1-c1ccc(OC(F)F)cc1. The molecule has 1 heterocycles. The predicted molar refractivity (Wildman–Crippen MR) is 81.5 cm³/mol. The molecular formula is C16H16ClF2NO2. The summed E-state index contributed by atoms with van der Waals surface area (Å²) in [5.74, 6) is -0.0504. The van der Waals surface area contributed by atoms with Crippen molar-refractivity contribution >= 4 is 17.4 Å². The van der Waals surface area contributed by atoms with E-state index in [0.29, 0.717) is 5.56 Å². The second kappa shape index (κ2) is 6.48. The Kier molecular flexibility index (Phi) is 4.86. The number of ether oxygens (including phenoxy) is 1. The van der Waals surface area contributed by atoms with Crippen LogP contribution in [0, 0.1) is 13.8 Å². The average Bonchev–Trinajstić information content (AvgIpc) is 2.73. The van der Waals surface area contributed by atoms with Crippen LogP contribution in [0.4, 0.5) is 8.78 Å². The van der Waals surface area contributed by atoms with Gasteiger partial charge in [0.2, 0.25) is 0 Å². The topological polar surface area (TPSA) is 31.2 Å². The highest BCUT2D eigenvalue weighted by Crippen LogP contribution is 2.24. The molecule has 0 unspecified atom stereocenters. The van der Waals surface area contributed by atoms with Crippen molar-refractivity contribution in [3.8, 4) is 11.4 Å². The molecule has 0 bridgehead atoms. The zero-order valence-corrected chi connectivity index (χ0v) is 13.2. The Hall–Kier alpha value is -1.88. The number of carbonyl (C=O) groups excluding carboxylic acids is 1. The number of nitrogens with zero attached hydrogens (tertiary/aromatic N) is 1. The van der Waals surface area contributed by atoms with Gasteiger partial charge in [0, 0.05) is 22.6 Å². The van der Waals surface area contributed by atoms with Crippen LogP contribution in [0.1, 0.15) is 28.7 Å². The number of aromatic nitrogens is 1. The summed E-state index contributed by atoms with van der Waals surface area (Å²) in [5, 5.41) is -0.601. The van der Waals surface area contributed by atoms with Crippen molar-refractivity contribution < 1.29 is 18.3 Å². The fraction of sp³-hybridized carbons (Fsp3) is 0.312. The van der Waals surface area contributed by atoms with E-state index in [-0.39, 0.29) is 11.5 Å². The largest absolute Gasteiger partial charge is 0.435 e. The fourth-order valence-corrected chi connectivity index (χ4v) is 2.52. The number of aryl methyl sites for hydroxylation is 1. The molecule has 6 heteroatoms. The van der Waals surface area contributed by atoms with Gasteiger partial charge in [0.15, 0.2) is 5.78 Å². The molecule has 2 rings (SSSR count). The minimum absolute atomic E-state index is 0.0897. The molecule has 1 aromatic carbocycles. The smallest absolute Gasteiger partial charge is 0.387 e. The van der Waals surface area contributed by atoms with E-state index < -0.39 is 12.0 Å². The number of carbonyl (C=O) groups is 1. The number of alkyl halides is 3. The molecule has 0 N–H and O–H groups in total. The van der Waals surface area contributed by atoms with Crippen molar-refractivity contribution in [1.82, 2.24) is 4.57 Å². The first-order chi connectivity index (χ1) is 10.3. The second-order valence-corrected chi connectivity index (χ2v) is 5.63. The Bertz CT molecular complexity index is 678. The van der Waals surface area contributed by atoms with Gasteiger partial charge in [-0.05, 0) is 51.1 Å². The molecule has 1 aromatic heterocycles. The van der Waals surface area contributed by atoms with Crippen LogP contribution in [0.2, 0.25) is 0 Å². The first-order valence-electron chi connectivity index (χ1n) is 6.73. The van der Waals surface area contributed by atoms with E-state index in [2.05, 4.69) is 4.74 Å². The average molecular weight is 328 g/mol. The van der Waals surface area contributed by atoms with E-state index in [9.17, 15) is 13.6 Å². The van der Waals surface area contributed by atoms with E-state index in [1.807, 2.05) is 18.4 Å². The predicted octanol–water partition coefficient (Wildman–Crippen LogP) is 4.51. The van der Waals surface area contributed by atoms with Gasteiger partial charge in [-0.25, -0.2) is 0 Å². The summed E-state index contributed by atoms with van der Waals surface area (Å²) in [6, 6.07) is 8.03. The van der Waals surface area contributed by atoms with Gasteiger partial charge < -0.3 is 9.30 Å². The monoisotopic (exact) mass is 327 g/mol. The minimum Gasteiger partial charge on any atom is -0.435 e. The number of rotatable bonds is 5. The summed E-state index contributed by atoms with van der Waals surface area (Å²) >= 11 is 5.87. The maximum Gasteiger partial charge on any atom is 0.387 e. The Morgan fingerprint density at radius 3 is 2.32 bits per heavy atom. The molecular weight excluding hydrogens is 312 g/mol. The van der Waals surface area contributed by atoms with Crippen LogP contribution in [0.5, 0.6) is 5.75 Å². The molecule has 22 heavy (non-hydrogen) atoms. The molecule has 0 amide bonds. The highest BCUT2D eigenvalue weighted by atomic mass is 35.5. The lowest BCUT2D eigenvalue weighted by Crippen LogP contribution is -2.11. The molecule has 2 aromatic rings. The number of ketones is 1. The maximum absolute atomic E-state index is 12.2. The van der Waals surface area contributed by atoms with Gasteiger partial charge in [-0.1, -0.05) is 0 Å². The number of benzene rings is 1. The first kappa shape index (κ1) is 16.5. The van der Waals surface area contributed by atoms with Gasteiger partial charge in [-0.15, -0.1) is 11.6 Å². The third-order valence-corrected chi connectivity index (χ3v) is 3.58. The van der Waals surface area contributed by atoms with Crippen molar-refractivity contribution in [2.45, 2.75) is 32.8 Å². The lowest BCUT2D eigenvalue weighted by Gasteiger charge is -2.11. The lowest BCUT2D eigenvalue weighted by molar-refractivity contribution is -0.0498. The molecule has 0 aliphatic rings. The number of hydrogen-bond donors (Lipinski definition) is 0. The van der Waals surface area contributed by atoms with Gasteiger partial charge in [0.05, 0.1) is 5.38 Å². The minimum atomic E-state index is -2.85. The van der Waals surface area contributed by atoms with E-state index in [1.165, 1.54) is 12.1 Å². The van der Waals surface area contributed by atoms with E-state index in [4.69, 9.17) is 11.6 Å².